The molecule has 3 rings (SSSR count). The van der Waals surface area contributed by atoms with Crippen LogP contribution < -0.4 is 0 Å². The van der Waals surface area contributed by atoms with Gasteiger partial charge in [-0.1, -0.05) is 6.07 Å². The number of benzene rings is 2. The molecule has 0 aliphatic carbocycles. The topological polar surface area (TPSA) is 55.8 Å². The van der Waals surface area contributed by atoms with Gasteiger partial charge in [0.1, 0.15) is 12.3 Å². The Morgan fingerprint density at radius 2 is 1.57 bits per heavy atom. The van der Waals surface area contributed by atoms with Crippen LogP contribution in [0.5, 0.6) is 0 Å². The van der Waals surface area contributed by atoms with Crippen molar-refractivity contribution in [2.75, 3.05) is 26.1 Å². The van der Waals surface area contributed by atoms with Crippen LogP contribution in [0.4, 0.5) is 35.1 Å². The Hall–Kier alpha value is -2.29. The number of ether oxygens (including phenoxy) is 1. The second-order valence-electron chi connectivity index (χ2n) is 8.07. The van der Waals surface area contributed by atoms with Crippen molar-refractivity contribution in [2.24, 2.45) is 0 Å². The molecule has 35 heavy (non-hydrogen) atoms. The molecule has 1 atom stereocenters. The van der Waals surface area contributed by atoms with E-state index in [2.05, 4.69) is 0 Å². The highest BCUT2D eigenvalue weighted by Crippen LogP contribution is 2.39. The van der Waals surface area contributed by atoms with E-state index in [0.29, 0.717) is 12.1 Å². The number of hydrogen-bond acceptors (Lipinski definition) is 5. The van der Waals surface area contributed by atoms with Gasteiger partial charge in [-0.3, -0.25) is 9.08 Å². The minimum Gasteiger partial charge on any atom is -0.353 e. The molecule has 1 unspecified atom stereocenters. The predicted molar refractivity (Wildman–Crippen MR) is 106 cm³/mol. The second kappa shape index (κ2) is 9.64. The van der Waals surface area contributed by atoms with Gasteiger partial charge in [0, 0.05) is 19.5 Å². The molecule has 1 aliphatic heterocycles. The Morgan fingerprint density at radius 1 is 0.971 bits per heavy atom. The van der Waals surface area contributed by atoms with Crippen LogP contribution in [-0.2, 0) is 43.5 Å². The van der Waals surface area contributed by atoms with Gasteiger partial charge in [0.25, 0.3) is 10.1 Å². The highest BCUT2D eigenvalue weighted by molar-refractivity contribution is 7.85. The molecule has 0 aromatic heterocycles. The van der Waals surface area contributed by atoms with Crippen molar-refractivity contribution in [1.82, 2.24) is 4.90 Å². The van der Waals surface area contributed by atoms with Crippen molar-refractivity contribution in [3.05, 3.63) is 70.3 Å². The summed E-state index contributed by atoms with van der Waals surface area (Å²) < 4.78 is 139. The Bertz CT molecular complexity index is 1150. The molecule has 1 aliphatic rings. The quantitative estimate of drug-likeness (QED) is 0.368. The highest BCUT2D eigenvalue weighted by Gasteiger charge is 2.42. The average molecular weight is 533 g/mol. The lowest BCUT2D eigenvalue weighted by atomic mass is 9.90. The van der Waals surface area contributed by atoms with E-state index in [4.69, 9.17) is 8.92 Å². The first-order chi connectivity index (χ1) is 16.0. The summed E-state index contributed by atoms with van der Waals surface area (Å²) in [5, 5.41) is 0. The lowest BCUT2D eigenvalue weighted by molar-refractivity contribution is -0.143. The van der Waals surface area contributed by atoms with Crippen LogP contribution >= 0.6 is 0 Å². The normalized spacial score (nSPS) is 19.9. The van der Waals surface area contributed by atoms with Gasteiger partial charge >= 0.3 is 12.4 Å². The van der Waals surface area contributed by atoms with Gasteiger partial charge < -0.3 is 4.74 Å². The van der Waals surface area contributed by atoms with Gasteiger partial charge in [0.15, 0.2) is 11.6 Å². The van der Waals surface area contributed by atoms with Crippen molar-refractivity contribution in [1.29, 1.82) is 0 Å². The predicted octanol–water partition coefficient (Wildman–Crippen LogP) is 5.05. The molecule has 1 saturated heterocycles. The molecule has 0 saturated carbocycles. The van der Waals surface area contributed by atoms with Crippen molar-refractivity contribution in [3.63, 3.8) is 0 Å². The minimum absolute atomic E-state index is 0.0120. The molecule has 1 heterocycles. The molecular weight excluding hydrogens is 514 g/mol. The van der Waals surface area contributed by atoms with Gasteiger partial charge in [-0.05, 0) is 41.5 Å². The highest BCUT2D eigenvalue weighted by atomic mass is 32.2. The fourth-order valence-corrected chi connectivity index (χ4v) is 4.13. The fourth-order valence-electron chi connectivity index (χ4n) is 3.75. The largest absolute Gasteiger partial charge is 0.416 e. The summed E-state index contributed by atoms with van der Waals surface area (Å²) in [5.74, 6) is -2.38. The first kappa shape index (κ1) is 27.3. The van der Waals surface area contributed by atoms with Crippen LogP contribution in [0.15, 0.2) is 36.4 Å². The maximum absolute atomic E-state index is 13.9. The maximum atomic E-state index is 13.9. The fraction of sp³-hybridized carbons (Fsp3) is 0.429. The van der Waals surface area contributed by atoms with Crippen LogP contribution in [-0.4, -0.2) is 39.5 Å². The summed E-state index contributed by atoms with van der Waals surface area (Å²) in [6.07, 6.45) is -9.42. The van der Waals surface area contributed by atoms with Gasteiger partial charge in [0.2, 0.25) is 0 Å². The summed E-state index contributed by atoms with van der Waals surface area (Å²) in [5.41, 5.74) is -4.62. The number of alkyl halides is 6. The second-order valence-corrected chi connectivity index (χ2v) is 9.72. The standard InChI is InChI=1S/C21H19F8NO4S/c1-35(31,32)34-5-4-19(14-2-3-17(22)18(23)9-14)11-30(12-33-19)10-13-6-15(20(24,25)26)8-16(7-13)21(27,28)29/h2-3,6-9H,4-5,10-12H2,1H3. The van der Waals surface area contributed by atoms with Gasteiger partial charge in [-0.25, -0.2) is 8.78 Å². The van der Waals surface area contributed by atoms with Crippen molar-refractivity contribution < 1.29 is 52.5 Å². The lowest BCUT2D eigenvalue weighted by Crippen LogP contribution is -2.34. The molecule has 2 aromatic carbocycles. The van der Waals surface area contributed by atoms with Crippen molar-refractivity contribution >= 4 is 10.1 Å². The molecule has 0 spiro atoms. The monoisotopic (exact) mass is 533 g/mol. The molecule has 5 nitrogen and oxygen atoms in total. The third kappa shape index (κ3) is 6.90. The first-order valence-corrected chi connectivity index (χ1v) is 11.7. The zero-order valence-electron chi connectivity index (χ0n) is 18.0. The van der Waals surface area contributed by atoms with Gasteiger partial charge in [0.05, 0.1) is 24.0 Å². The summed E-state index contributed by atoms with van der Waals surface area (Å²) >= 11 is 0. The Morgan fingerprint density at radius 3 is 2.09 bits per heavy atom. The molecule has 0 bridgehead atoms. The third-order valence-corrected chi connectivity index (χ3v) is 5.90. The van der Waals surface area contributed by atoms with E-state index in [1.807, 2.05) is 0 Å². The molecule has 14 heteroatoms. The Kier molecular flexibility index (Phi) is 7.52. The van der Waals surface area contributed by atoms with Crippen LogP contribution in [0.25, 0.3) is 0 Å². The number of hydrogen-bond donors (Lipinski definition) is 0. The molecular formula is C21H19F8NO4S. The van der Waals surface area contributed by atoms with Crippen LogP contribution in [0, 0.1) is 11.6 Å². The zero-order chi connectivity index (χ0) is 26.2. The van der Waals surface area contributed by atoms with Crippen LogP contribution in [0.2, 0.25) is 0 Å². The third-order valence-electron chi connectivity index (χ3n) is 5.31. The maximum Gasteiger partial charge on any atom is 0.416 e. The lowest BCUT2D eigenvalue weighted by Gasteiger charge is -2.28. The number of nitrogens with zero attached hydrogens (tertiary/aromatic N) is 1. The first-order valence-electron chi connectivity index (χ1n) is 9.93. The van der Waals surface area contributed by atoms with E-state index < -0.39 is 64.0 Å². The number of rotatable bonds is 7. The van der Waals surface area contributed by atoms with Gasteiger partial charge in [-0.15, -0.1) is 0 Å². The van der Waals surface area contributed by atoms with E-state index >= 15 is 0 Å². The van der Waals surface area contributed by atoms with E-state index in [1.54, 1.807) is 0 Å². The smallest absolute Gasteiger partial charge is 0.353 e. The summed E-state index contributed by atoms with van der Waals surface area (Å²) in [7, 11) is -3.86. The minimum atomic E-state index is -5.02. The SMILES string of the molecule is CS(=O)(=O)OCCC1(c2ccc(F)c(F)c2)CN(Cc2cc(C(F)(F)F)cc(C(F)(F)F)c2)CO1. The number of halogens is 8. The van der Waals surface area contributed by atoms with Crippen molar-refractivity contribution in [2.45, 2.75) is 30.9 Å². The molecule has 194 valence electrons. The molecule has 0 amide bonds. The van der Waals surface area contributed by atoms with E-state index in [9.17, 15) is 43.5 Å². The summed E-state index contributed by atoms with van der Waals surface area (Å²) in [6.45, 7) is -1.29. The zero-order valence-corrected chi connectivity index (χ0v) is 18.8. The molecule has 0 N–H and O–H groups in total. The Balaban J connectivity index is 1.90. The molecule has 0 radical (unpaired) electrons. The summed E-state index contributed by atoms with van der Waals surface area (Å²) in [4.78, 5) is 1.36. The summed E-state index contributed by atoms with van der Waals surface area (Å²) in [6, 6.07) is 4.01. The van der Waals surface area contributed by atoms with E-state index in [0.717, 1.165) is 18.4 Å². The molecule has 2 aromatic rings. The molecule has 1 fully saturated rings. The van der Waals surface area contributed by atoms with Crippen LogP contribution in [0.3, 0.4) is 0 Å². The van der Waals surface area contributed by atoms with E-state index in [1.165, 1.54) is 11.0 Å². The average Bonchev–Trinajstić information content (AvgIpc) is 3.11. The van der Waals surface area contributed by atoms with Crippen LogP contribution in [0.1, 0.15) is 28.7 Å². The Labute approximate surface area is 195 Å². The van der Waals surface area contributed by atoms with Gasteiger partial charge in [-0.2, -0.15) is 34.8 Å². The van der Waals surface area contributed by atoms with E-state index in [-0.39, 0.29) is 36.9 Å². The van der Waals surface area contributed by atoms with Crippen molar-refractivity contribution in [3.8, 4) is 0 Å².